The molecule has 1 aromatic carbocycles. The minimum Gasteiger partial charge on any atom is -0.361 e. The van der Waals surface area contributed by atoms with Crippen LogP contribution in [0.25, 0.3) is 11.5 Å². The molecule has 1 fully saturated rings. The molecule has 0 radical (unpaired) electrons. The van der Waals surface area contributed by atoms with Crippen molar-refractivity contribution in [3.63, 3.8) is 0 Å². The van der Waals surface area contributed by atoms with E-state index in [4.69, 9.17) is 9.05 Å². The number of amides is 1. The van der Waals surface area contributed by atoms with Crippen LogP contribution in [0.2, 0.25) is 0 Å². The van der Waals surface area contributed by atoms with Gasteiger partial charge in [-0.25, -0.2) is 4.39 Å². The monoisotopic (exact) mass is 412 g/mol. The van der Waals surface area contributed by atoms with E-state index in [2.05, 4.69) is 15.3 Å². The van der Waals surface area contributed by atoms with Gasteiger partial charge in [0.1, 0.15) is 11.6 Å². The summed E-state index contributed by atoms with van der Waals surface area (Å²) in [4.78, 5) is 18.9. The fourth-order valence-corrected chi connectivity index (χ4v) is 3.94. The average Bonchev–Trinajstić information content (AvgIpc) is 3.47. The predicted molar refractivity (Wildman–Crippen MR) is 107 cm³/mol. The first-order chi connectivity index (χ1) is 14.5. The van der Waals surface area contributed by atoms with Crippen molar-refractivity contribution >= 4 is 5.91 Å². The van der Waals surface area contributed by atoms with Crippen LogP contribution in [0, 0.1) is 25.6 Å². The molecule has 4 rings (SSSR count). The van der Waals surface area contributed by atoms with E-state index in [1.165, 1.54) is 12.1 Å². The van der Waals surface area contributed by atoms with E-state index in [1.807, 2.05) is 18.7 Å². The molecule has 0 aliphatic carbocycles. The lowest BCUT2D eigenvalue weighted by Crippen LogP contribution is -2.29. The van der Waals surface area contributed by atoms with E-state index in [-0.39, 0.29) is 11.7 Å². The number of halogens is 1. The number of hydrogen-bond acceptors (Lipinski definition) is 6. The molecule has 0 spiro atoms. The Bertz CT molecular complexity index is 992. The lowest BCUT2D eigenvalue weighted by Gasteiger charge is -2.16. The van der Waals surface area contributed by atoms with E-state index in [9.17, 15) is 9.18 Å². The Morgan fingerprint density at radius 1 is 1.17 bits per heavy atom. The maximum absolute atomic E-state index is 13.0. The zero-order valence-electron chi connectivity index (χ0n) is 17.2. The summed E-state index contributed by atoms with van der Waals surface area (Å²) in [5, 5.41) is 7.97. The van der Waals surface area contributed by atoms with Crippen molar-refractivity contribution in [3.8, 4) is 11.5 Å². The van der Waals surface area contributed by atoms with Gasteiger partial charge in [-0.3, -0.25) is 4.79 Å². The number of carbonyl (C=O) groups is 1. The van der Waals surface area contributed by atoms with Crippen LogP contribution in [0.4, 0.5) is 4.39 Å². The van der Waals surface area contributed by atoms with E-state index in [1.54, 1.807) is 12.1 Å². The first kappa shape index (κ1) is 20.3. The summed E-state index contributed by atoms with van der Waals surface area (Å²) in [5.74, 6) is 2.13. The molecule has 3 aromatic rings. The van der Waals surface area contributed by atoms with Crippen LogP contribution >= 0.6 is 0 Å². The molecule has 1 unspecified atom stereocenters. The van der Waals surface area contributed by atoms with Crippen molar-refractivity contribution in [2.24, 2.45) is 5.92 Å². The van der Waals surface area contributed by atoms with Crippen molar-refractivity contribution in [2.45, 2.75) is 46.0 Å². The number of benzene rings is 1. The minimum absolute atomic E-state index is 0.177. The predicted octanol–water partition coefficient (Wildman–Crippen LogP) is 3.89. The molecule has 0 saturated carbocycles. The van der Waals surface area contributed by atoms with Crippen LogP contribution in [0.5, 0.6) is 0 Å². The summed E-state index contributed by atoms with van der Waals surface area (Å²) in [7, 11) is 0. The van der Waals surface area contributed by atoms with Gasteiger partial charge in [-0.15, -0.1) is 0 Å². The second-order valence-electron chi connectivity index (χ2n) is 7.86. The summed E-state index contributed by atoms with van der Waals surface area (Å²) in [6, 6.07) is 5.98. The largest absolute Gasteiger partial charge is 0.361 e. The molecule has 2 aromatic heterocycles. The molecule has 0 N–H and O–H groups in total. The molecule has 1 atom stereocenters. The Labute approximate surface area is 174 Å². The maximum Gasteiger partial charge on any atom is 0.257 e. The number of likely N-dealkylation sites (tertiary alicyclic amines) is 1. The van der Waals surface area contributed by atoms with Gasteiger partial charge in [0.2, 0.25) is 5.91 Å². The fraction of sp³-hybridized carbons (Fsp3) is 0.455. The molecule has 158 valence electrons. The number of hydrogen-bond donors (Lipinski definition) is 0. The lowest BCUT2D eigenvalue weighted by atomic mass is 10.0. The maximum atomic E-state index is 13.0. The molecule has 1 saturated heterocycles. The Balaban J connectivity index is 1.24. The molecule has 30 heavy (non-hydrogen) atoms. The Morgan fingerprint density at radius 3 is 2.70 bits per heavy atom. The van der Waals surface area contributed by atoms with Gasteiger partial charge in [-0.05, 0) is 63.3 Å². The van der Waals surface area contributed by atoms with Gasteiger partial charge in [0.05, 0.1) is 5.69 Å². The van der Waals surface area contributed by atoms with Crippen LogP contribution in [-0.2, 0) is 17.6 Å². The zero-order chi connectivity index (χ0) is 21.1. The van der Waals surface area contributed by atoms with E-state index in [0.717, 1.165) is 42.9 Å². The summed E-state index contributed by atoms with van der Waals surface area (Å²) >= 11 is 0. The number of carbonyl (C=O) groups excluding carboxylic acids is 1. The van der Waals surface area contributed by atoms with Crippen molar-refractivity contribution in [1.29, 1.82) is 0 Å². The normalized spacial score (nSPS) is 16.4. The highest BCUT2D eigenvalue weighted by Crippen LogP contribution is 2.24. The second kappa shape index (κ2) is 8.77. The number of aromatic nitrogens is 3. The van der Waals surface area contributed by atoms with Crippen molar-refractivity contribution in [2.75, 3.05) is 13.1 Å². The number of aryl methyl sites for hydroxylation is 3. The van der Waals surface area contributed by atoms with Crippen LogP contribution in [0.1, 0.15) is 42.1 Å². The molecule has 1 aliphatic heterocycles. The molecule has 1 aliphatic rings. The molecule has 1 amide bonds. The van der Waals surface area contributed by atoms with E-state index in [0.29, 0.717) is 42.5 Å². The Morgan fingerprint density at radius 2 is 1.97 bits per heavy atom. The molecule has 3 heterocycles. The number of nitrogens with zero attached hydrogens (tertiary/aromatic N) is 4. The summed E-state index contributed by atoms with van der Waals surface area (Å²) in [6.45, 7) is 5.34. The Hall–Kier alpha value is -3.03. The third kappa shape index (κ3) is 4.58. The van der Waals surface area contributed by atoms with E-state index >= 15 is 0 Å². The van der Waals surface area contributed by atoms with Gasteiger partial charge in [0, 0.05) is 37.1 Å². The van der Waals surface area contributed by atoms with Crippen LogP contribution < -0.4 is 0 Å². The highest BCUT2D eigenvalue weighted by atomic mass is 19.1. The lowest BCUT2D eigenvalue weighted by molar-refractivity contribution is -0.130. The second-order valence-corrected chi connectivity index (χ2v) is 7.86. The van der Waals surface area contributed by atoms with Crippen LogP contribution in [-0.4, -0.2) is 39.2 Å². The summed E-state index contributed by atoms with van der Waals surface area (Å²) in [6.07, 6.45) is 3.71. The average molecular weight is 412 g/mol. The van der Waals surface area contributed by atoms with Crippen LogP contribution in [0.15, 0.2) is 33.3 Å². The quantitative estimate of drug-likeness (QED) is 0.585. The highest BCUT2D eigenvalue weighted by Gasteiger charge is 2.26. The summed E-state index contributed by atoms with van der Waals surface area (Å²) < 4.78 is 23.5. The van der Waals surface area contributed by atoms with Crippen molar-refractivity contribution in [1.82, 2.24) is 20.2 Å². The van der Waals surface area contributed by atoms with Gasteiger partial charge in [0.25, 0.3) is 5.89 Å². The fourth-order valence-electron chi connectivity index (χ4n) is 3.94. The molecule has 7 nitrogen and oxygen atoms in total. The van der Waals surface area contributed by atoms with Crippen molar-refractivity contribution < 1.29 is 18.2 Å². The SMILES string of the molecule is Cc1noc(C)c1CCC(=O)N1CCC(CCc2noc(-c3ccc(F)cc3)n2)C1. The Kier molecular flexibility index (Phi) is 5.92. The van der Waals surface area contributed by atoms with Gasteiger partial charge >= 0.3 is 0 Å². The molecule has 8 heteroatoms. The van der Waals surface area contributed by atoms with E-state index < -0.39 is 0 Å². The van der Waals surface area contributed by atoms with Crippen molar-refractivity contribution in [3.05, 3.63) is 52.9 Å². The standard InChI is InChI=1S/C22H25FN4O3/c1-14-19(15(2)29-25-14)8-10-21(28)27-12-11-16(13-27)3-9-20-24-22(30-26-20)17-4-6-18(23)7-5-17/h4-7,16H,3,8-13H2,1-2H3. The third-order valence-electron chi connectivity index (χ3n) is 5.74. The summed E-state index contributed by atoms with van der Waals surface area (Å²) in [5.41, 5.74) is 2.60. The first-order valence-corrected chi connectivity index (χ1v) is 10.3. The molecular formula is C22H25FN4O3. The van der Waals surface area contributed by atoms with Gasteiger partial charge in [-0.2, -0.15) is 4.98 Å². The molecular weight excluding hydrogens is 387 g/mol. The number of rotatable bonds is 7. The zero-order valence-corrected chi connectivity index (χ0v) is 17.2. The van der Waals surface area contributed by atoms with Crippen LogP contribution in [0.3, 0.4) is 0 Å². The molecule has 0 bridgehead atoms. The first-order valence-electron chi connectivity index (χ1n) is 10.3. The third-order valence-corrected chi connectivity index (χ3v) is 5.74. The van der Waals surface area contributed by atoms with Gasteiger partial charge in [-0.1, -0.05) is 10.3 Å². The topological polar surface area (TPSA) is 85.3 Å². The highest BCUT2D eigenvalue weighted by molar-refractivity contribution is 5.76. The minimum atomic E-state index is -0.300. The van der Waals surface area contributed by atoms with Gasteiger partial charge < -0.3 is 13.9 Å². The van der Waals surface area contributed by atoms with Gasteiger partial charge in [0.15, 0.2) is 5.82 Å². The smallest absolute Gasteiger partial charge is 0.257 e.